The van der Waals surface area contributed by atoms with Crippen LogP contribution in [0.3, 0.4) is 0 Å². The van der Waals surface area contributed by atoms with Crippen LogP contribution in [0.25, 0.3) is 0 Å². The molecule has 1 unspecified atom stereocenters. The highest BCUT2D eigenvalue weighted by atomic mass is 16.6. The van der Waals surface area contributed by atoms with E-state index in [-0.39, 0.29) is 5.97 Å². The number of unbranched alkanes of at least 4 members (excludes halogenated alkanes) is 1. The molecule has 0 saturated heterocycles. The quantitative estimate of drug-likeness (QED) is 0.347. The molecule has 0 heterocycles. The summed E-state index contributed by atoms with van der Waals surface area (Å²) in [5, 5.41) is 0. The zero-order chi connectivity index (χ0) is 10.1. The van der Waals surface area contributed by atoms with Gasteiger partial charge in [0.1, 0.15) is 0 Å². The lowest BCUT2D eigenvalue weighted by atomic mass is 10.3. The second-order valence-electron chi connectivity index (χ2n) is 2.72. The standard InChI is InChI=1S/C10H18O3/c1-4-7-8-13-10(11)9(5-2)12-6-3/h6,9H,3-5,7-8H2,1-2H3. The van der Waals surface area contributed by atoms with Crippen molar-refractivity contribution in [3.8, 4) is 0 Å². The molecule has 0 aliphatic carbocycles. The van der Waals surface area contributed by atoms with E-state index in [1.54, 1.807) is 0 Å². The molecule has 0 aliphatic rings. The molecule has 0 bridgehead atoms. The number of hydrogen-bond donors (Lipinski definition) is 0. The SMILES string of the molecule is C=COC(CC)C(=O)OCCCC. The Morgan fingerprint density at radius 1 is 1.54 bits per heavy atom. The lowest BCUT2D eigenvalue weighted by Gasteiger charge is -2.12. The van der Waals surface area contributed by atoms with Crippen molar-refractivity contribution in [2.24, 2.45) is 0 Å². The molecule has 0 fully saturated rings. The maximum absolute atomic E-state index is 11.2. The molecule has 0 aromatic carbocycles. The summed E-state index contributed by atoms with van der Waals surface area (Å²) in [6.45, 7) is 7.79. The maximum Gasteiger partial charge on any atom is 0.347 e. The van der Waals surface area contributed by atoms with E-state index in [1.807, 2.05) is 13.8 Å². The molecule has 0 aromatic rings. The molecule has 0 aromatic heterocycles. The van der Waals surface area contributed by atoms with E-state index in [0.29, 0.717) is 13.0 Å². The largest absolute Gasteiger partial charge is 0.487 e. The van der Waals surface area contributed by atoms with Gasteiger partial charge < -0.3 is 9.47 Å². The van der Waals surface area contributed by atoms with Crippen molar-refractivity contribution in [1.82, 2.24) is 0 Å². The molecule has 0 spiro atoms. The highest BCUT2D eigenvalue weighted by Gasteiger charge is 2.17. The molecule has 3 nitrogen and oxygen atoms in total. The van der Waals surface area contributed by atoms with Gasteiger partial charge in [0, 0.05) is 0 Å². The van der Waals surface area contributed by atoms with Crippen LogP contribution in [0.1, 0.15) is 33.1 Å². The first-order valence-corrected chi connectivity index (χ1v) is 4.69. The molecule has 3 heteroatoms. The average Bonchev–Trinajstić information content (AvgIpc) is 2.14. The van der Waals surface area contributed by atoms with E-state index < -0.39 is 6.10 Å². The van der Waals surface area contributed by atoms with Crippen molar-refractivity contribution in [3.63, 3.8) is 0 Å². The van der Waals surface area contributed by atoms with Crippen LogP contribution in [-0.4, -0.2) is 18.7 Å². The summed E-state index contributed by atoms with van der Waals surface area (Å²) in [7, 11) is 0. The van der Waals surface area contributed by atoms with Gasteiger partial charge in [-0.25, -0.2) is 4.79 Å². The van der Waals surface area contributed by atoms with Gasteiger partial charge in [0.05, 0.1) is 12.9 Å². The number of carbonyl (C=O) groups excluding carboxylic acids is 1. The van der Waals surface area contributed by atoms with Crippen LogP contribution in [-0.2, 0) is 14.3 Å². The minimum atomic E-state index is -0.491. The fourth-order valence-corrected chi connectivity index (χ4v) is 0.845. The molecular formula is C10H18O3. The van der Waals surface area contributed by atoms with Crippen molar-refractivity contribution in [2.75, 3.05) is 6.61 Å². The Balaban J connectivity index is 3.70. The third-order valence-corrected chi connectivity index (χ3v) is 1.64. The Bertz CT molecular complexity index is 154. The Morgan fingerprint density at radius 3 is 2.69 bits per heavy atom. The fraction of sp³-hybridized carbons (Fsp3) is 0.700. The van der Waals surface area contributed by atoms with Gasteiger partial charge in [0.15, 0.2) is 6.10 Å². The topological polar surface area (TPSA) is 35.5 Å². The normalized spacial score (nSPS) is 11.8. The summed E-state index contributed by atoms with van der Waals surface area (Å²) < 4.78 is 9.95. The molecule has 76 valence electrons. The summed E-state index contributed by atoms with van der Waals surface area (Å²) >= 11 is 0. The number of ether oxygens (including phenoxy) is 2. The smallest absolute Gasteiger partial charge is 0.347 e. The first kappa shape index (κ1) is 12.0. The Morgan fingerprint density at radius 2 is 2.23 bits per heavy atom. The van der Waals surface area contributed by atoms with Crippen LogP contribution < -0.4 is 0 Å². The van der Waals surface area contributed by atoms with Crippen LogP contribution in [0.2, 0.25) is 0 Å². The number of rotatable bonds is 7. The van der Waals surface area contributed by atoms with Crippen molar-refractivity contribution in [3.05, 3.63) is 12.8 Å². The van der Waals surface area contributed by atoms with Crippen LogP contribution in [0, 0.1) is 0 Å². The van der Waals surface area contributed by atoms with Crippen molar-refractivity contribution in [2.45, 2.75) is 39.2 Å². The predicted molar refractivity (Wildman–Crippen MR) is 51.2 cm³/mol. The van der Waals surface area contributed by atoms with E-state index in [2.05, 4.69) is 6.58 Å². The zero-order valence-corrected chi connectivity index (χ0v) is 8.41. The number of hydrogen-bond acceptors (Lipinski definition) is 3. The third-order valence-electron chi connectivity index (χ3n) is 1.64. The molecule has 1 atom stereocenters. The van der Waals surface area contributed by atoms with Gasteiger partial charge in [-0.1, -0.05) is 26.8 Å². The summed E-state index contributed by atoms with van der Waals surface area (Å²) in [6, 6.07) is 0. The monoisotopic (exact) mass is 186 g/mol. The Hall–Kier alpha value is -0.990. The fourth-order valence-electron chi connectivity index (χ4n) is 0.845. The highest BCUT2D eigenvalue weighted by Crippen LogP contribution is 2.02. The van der Waals surface area contributed by atoms with Crippen molar-refractivity contribution in [1.29, 1.82) is 0 Å². The van der Waals surface area contributed by atoms with Gasteiger partial charge in [-0.2, -0.15) is 0 Å². The van der Waals surface area contributed by atoms with Gasteiger partial charge in [-0.15, -0.1) is 0 Å². The molecule has 0 amide bonds. The second-order valence-corrected chi connectivity index (χ2v) is 2.72. The number of esters is 1. The van der Waals surface area contributed by atoms with Crippen molar-refractivity contribution < 1.29 is 14.3 Å². The van der Waals surface area contributed by atoms with Gasteiger partial charge in [-0.05, 0) is 12.8 Å². The van der Waals surface area contributed by atoms with Crippen LogP contribution in [0.15, 0.2) is 12.8 Å². The Kier molecular flexibility index (Phi) is 7.07. The summed E-state index contributed by atoms with van der Waals surface area (Å²) in [4.78, 5) is 11.2. The van der Waals surface area contributed by atoms with Crippen LogP contribution >= 0.6 is 0 Å². The van der Waals surface area contributed by atoms with Crippen LogP contribution in [0.5, 0.6) is 0 Å². The predicted octanol–water partition coefficient (Wildman–Crippen LogP) is 2.27. The lowest BCUT2D eigenvalue weighted by Crippen LogP contribution is -2.24. The lowest BCUT2D eigenvalue weighted by molar-refractivity contribution is -0.154. The van der Waals surface area contributed by atoms with E-state index >= 15 is 0 Å². The molecule has 0 saturated carbocycles. The van der Waals surface area contributed by atoms with Gasteiger partial charge in [0.25, 0.3) is 0 Å². The molecule has 0 N–H and O–H groups in total. The highest BCUT2D eigenvalue weighted by molar-refractivity contribution is 5.74. The molecule has 13 heavy (non-hydrogen) atoms. The van der Waals surface area contributed by atoms with Gasteiger partial charge in [-0.3, -0.25) is 0 Å². The van der Waals surface area contributed by atoms with Crippen LogP contribution in [0.4, 0.5) is 0 Å². The minimum Gasteiger partial charge on any atom is -0.487 e. The van der Waals surface area contributed by atoms with E-state index in [9.17, 15) is 4.79 Å². The third kappa shape index (κ3) is 5.28. The molecule has 0 aliphatic heterocycles. The number of carbonyl (C=O) groups is 1. The first-order valence-electron chi connectivity index (χ1n) is 4.69. The second kappa shape index (κ2) is 7.65. The molecule has 0 radical (unpaired) electrons. The first-order chi connectivity index (χ1) is 6.26. The summed E-state index contributed by atoms with van der Waals surface area (Å²) in [5.41, 5.74) is 0. The minimum absolute atomic E-state index is 0.296. The summed E-state index contributed by atoms with van der Waals surface area (Å²) in [6.07, 6.45) is 3.31. The molecule has 0 rings (SSSR count). The Labute approximate surface area is 79.7 Å². The van der Waals surface area contributed by atoms with E-state index in [0.717, 1.165) is 12.8 Å². The van der Waals surface area contributed by atoms with Crippen molar-refractivity contribution >= 4 is 5.97 Å². The van der Waals surface area contributed by atoms with E-state index in [1.165, 1.54) is 6.26 Å². The molecular weight excluding hydrogens is 168 g/mol. The maximum atomic E-state index is 11.2. The van der Waals surface area contributed by atoms with E-state index in [4.69, 9.17) is 9.47 Å². The average molecular weight is 186 g/mol. The zero-order valence-electron chi connectivity index (χ0n) is 8.41. The van der Waals surface area contributed by atoms with Gasteiger partial charge >= 0.3 is 5.97 Å². The summed E-state index contributed by atoms with van der Waals surface area (Å²) in [5.74, 6) is -0.296. The van der Waals surface area contributed by atoms with Gasteiger partial charge in [0.2, 0.25) is 0 Å².